The summed E-state index contributed by atoms with van der Waals surface area (Å²) in [6.07, 6.45) is 4.90. The van der Waals surface area contributed by atoms with Crippen LogP contribution in [0.4, 0.5) is 5.69 Å². The minimum Gasteiger partial charge on any atom is -0.466 e. The van der Waals surface area contributed by atoms with Gasteiger partial charge in [0.1, 0.15) is 0 Å². The van der Waals surface area contributed by atoms with Crippen molar-refractivity contribution >= 4 is 39.4 Å². The molecule has 2 aromatic rings. The molecule has 0 aromatic heterocycles. The van der Waals surface area contributed by atoms with Crippen molar-refractivity contribution in [3.8, 4) is 0 Å². The topological polar surface area (TPSA) is 29.5 Å². The Labute approximate surface area is 180 Å². The highest BCUT2D eigenvalue weighted by molar-refractivity contribution is 8.93. The van der Waals surface area contributed by atoms with Gasteiger partial charge in [0.05, 0.1) is 6.61 Å². The van der Waals surface area contributed by atoms with E-state index >= 15 is 0 Å². The van der Waals surface area contributed by atoms with E-state index in [1.54, 1.807) is 0 Å². The quantitative estimate of drug-likeness (QED) is 0.345. The smallest absolute Gasteiger partial charge is 0.305 e. The maximum atomic E-state index is 11.4. The molecule has 1 aliphatic rings. The van der Waals surface area contributed by atoms with Crippen molar-refractivity contribution < 1.29 is 9.53 Å². The van der Waals surface area contributed by atoms with Gasteiger partial charge in [-0.05, 0) is 49.1 Å². The highest BCUT2D eigenvalue weighted by Gasteiger charge is 2.42. The van der Waals surface area contributed by atoms with Crippen molar-refractivity contribution in [2.45, 2.75) is 71.3 Å². The monoisotopic (exact) mass is 447 g/mol. The summed E-state index contributed by atoms with van der Waals surface area (Å²) < 4.78 is 4.99. The van der Waals surface area contributed by atoms with Crippen LogP contribution >= 0.6 is 17.0 Å². The molecule has 2 aromatic carbocycles. The molecule has 0 bridgehead atoms. The van der Waals surface area contributed by atoms with Gasteiger partial charge in [-0.3, -0.25) is 4.79 Å². The molecule has 0 fully saturated rings. The molecule has 154 valence electrons. The minimum absolute atomic E-state index is 0. The number of carbonyl (C=O) groups excluding carboxylic acids is 1. The molecule has 0 saturated heterocycles. The van der Waals surface area contributed by atoms with E-state index in [4.69, 9.17) is 4.74 Å². The van der Waals surface area contributed by atoms with Crippen LogP contribution < -0.4 is 4.90 Å². The molecule has 0 saturated carbocycles. The normalized spacial score (nSPS) is 17.3. The van der Waals surface area contributed by atoms with Gasteiger partial charge in [-0.15, -0.1) is 17.0 Å². The Hall–Kier alpha value is -1.55. The second-order valence-corrected chi connectivity index (χ2v) is 8.24. The Balaban J connectivity index is 0.00000280. The van der Waals surface area contributed by atoms with Crippen LogP contribution in [0.3, 0.4) is 0 Å². The first kappa shape index (κ1) is 22.7. The molecule has 0 N–H and O–H groups in total. The zero-order chi connectivity index (χ0) is 19.4. The average Bonchev–Trinajstić information content (AvgIpc) is 2.85. The molecule has 1 aliphatic heterocycles. The molecule has 0 radical (unpaired) electrons. The summed E-state index contributed by atoms with van der Waals surface area (Å²) >= 11 is 0. The van der Waals surface area contributed by atoms with E-state index in [9.17, 15) is 4.79 Å². The van der Waals surface area contributed by atoms with Crippen molar-refractivity contribution in [3.63, 3.8) is 0 Å². The molecule has 0 aliphatic carbocycles. The third kappa shape index (κ3) is 4.53. The summed E-state index contributed by atoms with van der Waals surface area (Å²) in [5.74, 6) is -0.0618. The van der Waals surface area contributed by atoms with Crippen LogP contribution in [0.5, 0.6) is 0 Å². The van der Waals surface area contributed by atoms with Crippen molar-refractivity contribution in [1.29, 1.82) is 0 Å². The minimum atomic E-state index is -0.0618. The molecule has 1 unspecified atom stereocenters. The van der Waals surface area contributed by atoms with Gasteiger partial charge >= 0.3 is 5.97 Å². The molecule has 4 heteroatoms. The number of hydrogen-bond acceptors (Lipinski definition) is 3. The van der Waals surface area contributed by atoms with E-state index in [1.807, 2.05) is 6.92 Å². The number of rotatable bonds is 8. The number of anilines is 1. The van der Waals surface area contributed by atoms with Crippen molar-refractivity contribution in [3.05, 3.63) is 42.0 Å². The van der Waals surface area contributed by atoms with E-state index in [-0.39, 0.29) is 28.4 Å². The molecular formula is C24H34BrNO2. The standard InChI is InChI=1S/C24H33NO2.BrH/c1-5-27-22(26)14-8-6-7-11-17-25-18(2)24(3,4)23-20-13-10-9-12-19(20)15-16-21(23)25;/h9-10,12-13,15-16,18H,5-8,11,14,17H2,1-4H3;1H. The second-order valence-electron chi connectivity index (χ2n) is 8.24. The fraction of sp³-hybridized carbons (Fsp3) is 0.542. The number of nitrogens with zero attached hydrogens (tertiary/aromatic N) is 1. The van der Waals surface area contributed by atoms with Crippen LogP contribution in [-0.2, 0) is 14.9 Å². The summed E-state index contributed by atoms with van der Waals surface area (Å²) in [7, 11) is 0. The van der Waals surface area contributed by atoms with Crippen LogP contribution in [0.25, 0.3) is 10.8 Å². The number of hydrogen-bond donors (Lipinski definition) is 0. The lowest BCUT2D eigenvalue weighted by Gasteiger charge is -2.31. The molecule has 28 heavy (non-hydrogen) atoms. The van der Waals surface area contributed by atoms with E-state index in [0.29, 0.717) is 19.1 Å². The van der Waals surface area contributed by atoms with E-state index in [1.165, 1.54) is 22.0 Å². The van der Waals surface area contributed by atoms with Crippen LogP contribution in [0, 0.1) is 0 Å². The van der Waals surface area contributed by atoms with Gasteiger partial charge in [0.2, 0.25) is 0 Å². The number of benzene rings is 2. The van der Waals surface area contributed by atoms with Gasteiger partial charge < -0.3 is 9.64 Å². The number of halogens is 1. The van der Waals surface area contributed by atoms with Crippen molar-refractivity contribution in [1.82, 2.24) is 0 Å². The summed E-state index contributed by atoms with van der Waals surface area (Å²) in [4.78, 5) is 14.0. The first-order chi connectivity index (χ1) is 13.0. The number of esters is 1. The number of ether oxygens (including phenoxy) is 1. The number of unbranched alkanes of at least 4 members (excludes halogenated alkanes) is 3. The van der Waals surface area contributed by atoms with Crippen molar-refractivity contribution in [2.75, 3.05) is 18.1 Å². The van der Waals surface area contributed by atoms with Gasteiger partial charge in [0.25, 0.3) is 0 Å². The summed E-state index contributed by atoms with van der Waals surface area (Å²) in [6, 6.07) is 13.8. The maximum Gasteiger partial charge on any atom is 0.305 e. The Morgan fingerprint density at radius 2 is 1.79 bits per heavy atom. The van der Waals surface area contributed by atoms with Crippen LogP contribution in [-0.4, -0.2) is 25.2 Å². The first-order valence-corrected chi connectivity index (χ1v) is 10.4. The third-order valence-electron chi connectivity index (χ3n) is 6.21. The van der Waals surface area contributed by atoms with Gasteiger partial charge in [-0.1, -0.05) is 57.0 Å². The van der Waals surface area contributed by atoms with Crippen LogP contribution in [0.15, 0.2) is 36.4 Å². The molecule has 3 rings (SSSR count). The Bertz CT molecular complexity index is 802. The van der Waals surface area contributed by atoms with Crippen molar-refractivity contribution in [2.24, 2.45) is 0 Å². The highest BCUT2D eigenvalue weighted by Crippen LogP contribution is 2.48. The third-order valence-corrected chi connectivity index (χ3v) is 6.21. The molecular weight excluding hydrogens is 414 g/mol. The largest absolute Gasteiger partial charge is 0.466 e. The number of fused-ring (bicyclic) bond motifs is 3. The lowest BCUT2D eigenvalue weighted by Crippen LogP contribution is -2.39. The van der Waals surface area contributed by atoms with Crippen LogP contribution in [0.2, 0.25) is 0 Å². The Morgan fingerprint density at radius 3 is 2.54 bits per heavy atom. The molecule has 3 nitrogen and oxygen atoms in total. The maximum absolute atomic E-state index is 11.4. The average molecular weight is 448 g/mol. The van der Waals surface area contributed by atoms with E-state index in [2.05, 4.69) is 62.1 Å². The zero-order valence-corrected chi connectivity index (χ0v) is 19.4. The van der Waals surface area contributed by atoms with Gasteiger partial charge in [0.15, 0.2) is 0 Å². The summed E-state index contributed by atoms with van der Waals surface area (Å²) in [6.45, 7) is 10.5. The highest BCUT2D eigenvalue weighted by atomic mass is 79.9. The predicted molar refractivity (Wildman–Crippen MR) is 124 cm³/mol. The molecule has 0 amide bonds. The number of carbonyl (C=O) groups is 1. The second kappa shape index (κ2) is 9.78. The van der Waals surface area contributed by atoms with Gasteiger partial charge in [-0.25, -0.2) is 0 Å². The van der Waals surface area contributed by atoms with E-state index in [0.717, 1.165) is 32.2 Å². The lowest BCUT2D eigenvalue weighted by atomic mass is 9.79. The molecule has 1 atom stereocenters. The summed E-state index contributed by atoms with van der Waals surface area (Å²) in [5.41, 5.74) is 3.04. The van der Waals surface area contributed by atoms with Gasteiger partial charge in [0, 0.05) is 30.1 Å². The molecule has 1 heterocycles. The van der Waals surface area contributed by atoms with Crippen LogP contribution in [0.1, 0.15) is 65.4 Å². The first-order valence-electron chi connectivity index (χ1n) is 10.4. The zero-order valence-electron chi connectivity index (χ0n) is 17.7. The fourth-order valence-electron chi connectivity index (χ4n) is 4.44. The Kier molecular flexibility index (Phi) is 7.94. The summed E-state index contributed by atoms with van der Waals surface area (Å²) in [5, 5.41) is 2.72. The Morgan fingerprint density at radius 1 is 1.07 bits per heavy atom. The fourth-order valence-corrected chi connectivity index (χ4v) is 4.44. The predicted octanol–water partition coefficient (Wildman–Crippen LogP) is 6.42. The van der Waals surface area contributed by atoms with E-state index < -0.39 is 0 Å². The lowest BCUT2D eigenvalue weighted by molar-refractivity contribution is -0.143. The molecule has 0 spiro atoms. The SMILES string of the molecule is Br.CCOC(=O)CCCCCCN1c2ccc3ccccc3c2C(C)(C)C1C. The van der Waals surface area contributed by atoms with Gasteiger partial charge in [-0.2, -0.15) is 0 Å².